The summed E-state index contributed by atoms with van der Waals surface area (Å²) >= 11 is 0. The quantitative estimate of drug-likeness (QED) is 0.728. The molecule has 0 unspecified atom stereocenters. The van der Waals surface area contributed by atoms with Crippen molar-refractivity contribution in [3.8, 4) is 0 Å². The normalized spacial score (nSPS) is 26.6. The van der Waals surface area contributed by atoms with E-state index in [-0.39, 0.29) is 6.54 Å². The molecule has 0 radical (unpaired) electrons. The van der Waals surface area contributed by atoms with Crippen molar-refractivity contribution >= 4 is 5.97 Å². The summed E-state index contributed by atoms with van der Waals surface area (Å²) in [6.45, 7) is 2.18. The van der Waals surface area contributed by atoms with Crippen LogP contribution in [0.2, 0.25) is 0 Å². The second-order valence-corrected chi connectivity index (χ2v) is 3.39. The maximum Gasteiger partial charge on any atom is 0.320 e. The minimum atomic E-state index is -2.33. The van der Waals surface area contributed by atoms with Crippen molar-refractivity contribution in [3.05, 3.63) is 0 Å². The van der Waals surface area contributed by atoms with Gasteiger partial charge in [0, 0.05) is 12.5 Å². The Bertz CT molecular complexity index is 199. The maximum atomic E-state index is 12.2. The van der Waals surface area contributed by atoms with Crippen LogP contribution in [-0.2, 0) is 4.79 Å². The molecular formula is C8H13F2NO2. The molecule has 0 aromatic heterocycles. The second-order valence-electron chi connectivity index (χ2n) is 3.39. The highest BCUT2D eigenvalue weighted by Crippen LogP contribution is 2.24. The monoisotopic (exact) mass is 193 g/mol. The number of hydrogen-bond acceptors (Lipinski definition) is 2. The molecule has 0 aliphatic carbocycles. The molecule has 1 rings (SSSR count). The van der Waals surface area contributed by atoms with E-state index >= 15 is 0 Å². The van der Waals surface area contributed by atoms with Crippen LogP contribution in [0, 0.1) is 5.92 Å². The number of aliphatic carboxylic acids is 1. The van der Waals surface area contributed by atoms with Gasteiger partial charge in [-0.25, -0.2) is 8.78 Å². The van der Waals surface area contributed by atoms with E-state index in [1.165, 1.54) is 6.92 Å². The third-order valence-corrected chi connectivity index (χ3v) is 2.52. The SMILES string of the molecule is C[C@H](C(=O)O)N1CC[C@@H](C(F)F)C1. The van der Waals surface area contributed by atoms with Crippen LogP contribution in [0.4, 0.5) is 8.78 Å². The van der Waals surface area contributed by atoms with Gasteiger partial charge in [-0.1, -0.05) is 0 Å². The largest absolute Gasteiger partial charge is 0.480 e. The molecule has 1 aliphatic rings. The minimum Gasteiger partial charge on any atom is -0.480 e. The summed E-state index contributed by atoms with van der Waals surface area (Å²) in [6, 6.07) is -0.649. The van der Waals surface area contributed by atoms with E-state index in [4.69, 9.17) is 5.11 Å². The predicted octanol–water partition coefficient (Wildman–Crippen LogP) is 1.05. The fourth-order valence-electron chi connectivity index (χ4n) is 1.53. The van der Waals surface area contributed by atoms with Gasteiger partial charge in [0.15, 0.2) is 0 Å². The number of carboxylic acids is 1. The van der Waals surface area contributed by atoms with Crippen LogP contribution in [0.25, 0.3) is 0 Å². The molecule has 0 bridgehead atoms. The van der Waals surface area contributed by atoms with Crippen molar-refractivity contribution in [3.63, 3.8) is 0 Å². The van der Waals surface area contributed by atoms with Crippen molar-refractivity contribution in [2.75, 3.05) is 13.1 Å². The van der Waals surface area contributed by atoms with Gasteiger partial charge in [-0.2, -0.15) is 0 Å². The Balaban J connectivity index is 2.45. The van der Waals surface area contributed by atoms with Crippen LogP contribution < -0.4 is 0 Å². The number of rotatable bonds is 3. The van der Waals surface area contributed by atoms with Gasteiger partial charge in [-0.3, -0.25) is 9.69 Å². The molecule has 0 amide bonds. The Morgan fingerprint density at radius 1 is 1.62 bits per heavy atom. The van der Waals surface area contributed by atoms with Crippen molar-refractivity contribution in [2.24, 2.45) is 5.92 Å². The average molecular weight is 193 g/mol. The van der Waals surface area contributed by atoms with E-state index in [0.717, 1.165) is 0 Å². The van der Waals surface area contributed by atoms with Gasteiger partial charge in [-0.05, 0) is 19.9 Å². The van der Waals surface area contributed by atoms with Crippen LogP contribution in [0.5, 0.6) is 0 Å². The van der Waals surface area contributed by atoms with Crippen molar-refractivity contribution < 1.29 is 18.7 Å². The number of halogens is 2. The Kier molecular flexibility index (Phi) is 3.19. The Labute approximate surface area is 75.3 Å². The molecule has 3 nitrogen and oxygen atoms in total. The van der Waals surface area contributed by atoms with E-state index in [1.807, 2.05) is 0 Å². The summed E-state index contributed by atoms with van der Waals surface area (Å²) in [7, 11) is 0. The van der Waals surface area contributed by atoms with E-state index in [2.05, 4.69) is 0 Å². The first-order valence-electron chi connectivity index (χ1n) is 4.27. The van der Waals surface area contributed by atoms with Crippen LogP contribution in [0.15, 0.2) is 0 Å². The maximum absolute atomic E-state index is 12.2. The van der Waals surface area contributed by atoms with Gasteiger partial charge < -0.3 is 5.11 Å². The molecule has 1 saturated heterocycles. The first kappa shape index (κ1) is 10.4. The van der Waals surface area contributed by atoms with E-state index in [9.17, 15) is 13.6 Å². The van der Waals surface area contributed by atoms with Crippen LogP contribution in [0.1, 0.15) is 13.3 Å². The Hall–Kier alpha value is -0.710. The lowest BCUT2D eigenvalue weighted by molar-refractivity contribution is -0.142. The zero-order valence-corrected chi connectivity index (χ0v) is 7.41. The van der Waals surface area contributed by atoms with Gasteiger partial charge >= 0.3 is 5.97 Å². The second kappa shape index (κ2) is 4.00. The summed E-state index contributed by atoms with van der Waals surface area (Å²) in [5.74, 6) is -1.60. The standard InChI is InChI=1S/C8H13F2NO2/c1-5(8(12)13)11-3-2-6(4-11)7(9)10/h5-7H,2-4H2,1H3,(H,12,13)/t5-,6-/m1/s1. The first-order chi connectivity index (χ1) is 6.02. The zero-order valence-electron chi connectivity index (χ0n) is 7.41. The molecule has 1 N–H and O–H groups in total. The average Bonchev–Trinajstić information content (AvgIpc) is 2.50. The number of alkyl halides is 2. The van der Waals surface area contributed by atoms with Crippen LogP contribution >= 0.6 is 0 Å². The number of carbonyl (C=O) groups is 1. The number of hydrogen-bond donors (Lipinski definition) is 1. The van der Waals surface area contributed by atoms with Gasteiger partial charge in [0.05, 0.1) is 0 Å². The lowest BCUT2D eigenvalue weighted by Gasteiger charge is -2.20. The zero-order chi connectivity index (χ0) is 10.0. The van der Waals surface area contributed by atoms with E-state index < -0.39 is 24.4 Å². The molecule has 13 heavy (non-hydrogen) atoms. The van der Waals surface area contributed by atoms with Crippen LogP contribution in [-0.4, -0.2) is 41.5 Å². The third kappa shape index (κ3) is 2.37. The fraction of sp³-hybridized carbons (Fsp3) is 0.875. The minimum absolute atomic E-state index is 0.200. The van der Waals surface area contributed by atoms with Crippen LogP contribution in [0.3, 0.4) is 0 Å². The fourth-order valence-corrected chi connectivity index (χ4v) is 1.53. The molecule has 2 atom stereocenters. The van der Waals surface area contributed by atoms with Gasteiger partial charge in [0.2, 0.25) is 6.43 Å². The molecule has 1 heterocycles. The molecule has 76 valence electrons. The smallest absolute Gasteiger partial charge is 0.320 e. The summed E-state index contributed by atoms with van der Waals surface area (Å²) < 4.78 is 24.4. The predicted molar refractivity (Wildman–Crippen MR) is 42.8 cm³/mol. The van der Waals surface area contributed by atoms with Crippen molar-refractivity contribution in [1.82, 2.24) is 4.90 Å². The Morgan fingerprint density at radius 3 is 2.62 bits per heavy atom. The van der Waals surface area contributed by atoms with Gasteiger partial charge in [-0.15, -0.1) is 0 Å². The lowest BCUT2D eigenvalue weighted by Crippen LogP contribution is -2.37. The molecule has 0 spiro atoms. The topological polar surface area (TPSA) is 40.5 Å². The number of likely N-dealkylation sites (tertiary alicyclic amines) is 1. The highest BCUT2D eigenvalue weighted by atomic mass is 19.3. The van der Waals surface area contributed by atoms with E-state index in [0.29, 0.717) is 13.0 Å². The molecule has 0 aromatic rings. The summed E-state index contributed by atoms with van der Waals surface area (Å²) in [4.78, 5) is 12.1. The number of carboxylic acid groups (broad SMARTS) is 1. The van der Waals surface area contributed by atoms with E-state index in [1.54, 1.807) is 4.90 Å². The van der Waals surface area contributed by atoms with Crippen molar-refractivity contribution in [1.29, 1.82) is 0 Å². The first-order valence-corrected chi connectivity index (χ1v) is 4.27. The van der Waals surface area contributed by atoms with Gasteiger partial charge in [0.25, 0.3) is 0 Å². The highest BCUT2D eigenvalue weighted by Gasteiger charge is 2.33. The molecule has 0 saturated carbocycles. The summed E-state index contributed by atoms with van der Waals surface area (Å²) in [5.41, 5.74) is 0. The summed E-state index contributed by atoms with van der Waals surface area (Å²) in [5, 5.41) is 8.64. The molecule has 5 heteroatoms. The third-order valence-electron chi connectivity index (χ3n) is 2.52. The molecule has 1 aliphatic heterocycles. The lowest BCUT2D eigenvalue weighted by atomic mass is 10.1. The molecule has 0 aromatic carbocycles. The van der Waals surface area contributed by atoms with Gasteiger partial charge in [0.1, 0.15) is 6.04 Å². The van der Waals surface area contributed by atoms with Crippen molar-refractivity contribution in [2.45, 2.75) is 25.8 Å². The summed E-state index contributed by atoms with van der Waals surface area (Å²) in [6.07, 6.45) is -1.93. The Morgan fingerprint density at radius 2 is 2.23 bits per heavy atom. The molecular weight excluding hydrogens is 180 g/mol. The number of nitrogens with zero attached hydrogens (tertiary/aromatic N) is 1. The molecule has 1 fully saturated rings. The highest BCUT2D eigenvalue weighted by molar-refractivity contribution is 5.72.